The van der Waals surface area contributed by atoms with E-state index in [2.05, 4.69) is 138 Å². The first kappa shape index (κ1) is 30.3. The highest BCUT2D eigenvalue weighted by Crippen LogP contribution is 2.85. The van der Waals surface area contributed by atoms with Crippen LogP contribution in [0.1, 0.15) is 121 Å². The maximum absolute atomic E-state index is 6.85. The summed E-state index contributed by atoms with van der Waals surface area (Å²) in [6.45, 7) is 16.7. The van der Waals surface area contributed by atoms with Crippen molar-refractivity contribution in [1.82, 2.24) is 0 Å². The number of hydrogen-bond acceptors (Lipinski definition) is 2. The van der Waals surface area contributed by atoms with Gasteiger partial charge in [-0.3, -0.25) is 0 Å². The Bertz CT molecular complexity index is 1980. The summed E-state index contributed by atoms with van der Waals surface area (Å²) in [5, 5.41) is 0. The predicted octanol–water partition coefficient (Wildman–Crippen LogP) is 12.7. The van der Waals surface area contributed by atoms with E-state index in [1.165, 1.54) is 89.8 Å². The van der Waals surface area contributed by atoms with Gasteiger partial charge >= 0.3 is 0 Å². The second-order valence-corrected chi connectivity index (χ2v) is 19.5. The van der Waals surface area contributed by atoms with Crippen LogP contribution < -0.4 is 9.64 Å². The van der Waals surface area contributed by atoms with Gasteiger partial charge in [-0.1, -0.05) is 84.9 Å². The van der Waals surface area contributed by atoms with E-state index in [1.807, 2.05) is 0 Å². The molecule has 0 radical (unpaired) electrons. The summed E-state index contributed by atoms with van der Waals surface area (Å²) < 4.78 is 6.85. The topological polar surface area (TPSA) is 12.5 Å². The minimum Gasteiger partial charge on any atom is -0.457 e. The minimum absolute atomic E-state index is 0.0493. The summed E-state index contributed by atoms with van der Waals surface area (Å²) in [5.41, 5.74) is 12.0. The van der Waals surface area contributed by atoms with Crippen LogP contribution in [0.4, 0.5) is 17.1 Å². The molecule has 0 saturated heterocycles. The number of benzene rings is 4. The molecule has 6 aliphatic rings. The lowest BCUT2D eigenvalue weighted by Crippen LogP contribution is -2.64. The molecule has 0 amide bonds. The quantitative estimate of drug-likeness (QED) is 0.219. The number of anilines is 3. The maximum atomic E-state index is 6.85. The van der Waals surface area contributed by atoms with E-state index in [1.54, 1.807) is 0 Å². The van der Waals surface area contributed by atoms with Crippen LogP contribution in [0.2, 0.25) is 0 Å². The Labute approximate surface area is 294 Å². The van der Waals surface area contributed by atoms with Gasteiger partial charge in [0.1, 0.15) is 11.5 Å². The van der Waals surface area contributed by atoms with Crippen LogP contribution in [0, 0.1) is 29.1 Å². The Morgan fingerprint density at radius 1 is 0.592 bits per heavy atom. The molecule has 2 nitrogen and oxygen atoms in total. The van der Waals surface area contributed by atoms with E-state index in [0.717, 1.165) is 23.3 Å². The lowest BCUT2D eigenvalue weighted by Gasteiger charge is -2.66. The largest absolute Gasteiger partial charge is 0.457 e. The molecule has 3 bridgehead atoms. The van der Waals surface area contributed by atoms with Crippen LogP contribution in [0.15, 0.2) is 84.9 Å². The van der Waals surface area contributed by atoms with Gasteiger partial charge in [-0.05, 0) is 155 Å². The Hall–Kier alpha value is -3.52. The van der Waals surface area contributed by atoms with Gasteiger partial charge in [0.2, 0.25) is 0 Å². The van der Waals surface area contributed by atoms with Crippen molar-refractivity contribution in [2.45, 2.75) is 115 Å². The smallest absolute Gasteiger partial charge is 0.131 e. The number of rotatable bonds is 3. The van der Waals surface area contributed by atoms with Gasteiger partial charge in [0, 0.05) is 33.6 Å². The average Bonchev–Trinajstić information content (AvgIpc) is 3.46. The Balaban J connectivity index is 1.17. The first-order valence-corrected chi connectivity index (χ1v) is 19.3. The molecule has 1 heterocycles. The van der Waals surface area contributed by atoms with Gasteiger partial charge in [-0.15, -0.1) is 0 Å². The van der Waals surface area contributed by atoms with Gasteiger partial charge in [-0.25, -0.2) is 0 Å². The summed E-state index contributed by atoms with van der Waals surface area (Å²) in [5.74, 6) is 5.44. The van der Waals surface area contributed by atoms with Crippen LogP contribution in [0.5, 0.6) is 11.5 Å². The third-order valence-corrected chi connectivity index (χ3v) is 14.9. The van der Waals surface area contributed by atoms with Crippen molar-refractivity contribution in [2.24, 2.45) is 29.1 Å². The molecule has 2 spiro atoms. The van der Waals surface area contributed by atoms with Crippen LogP contribution in [0.25, 0.3) is 0 Å². The molecule has 0 N–H and O–H groups in total. The van der Waals surface area contributed by atoms with Crippen molar-refractivity contribution in [1.29, 1.82) is 0 Å². The van der Waals surface area contributed by atoms with Gasteiger partial charge in [0.15, 0.2) is 0 Å². The van der Waals surface area contributed by atoms with Gasteiger partial charge in [0.25, 0.3) is 0 Å². The molecular weight excluding hydrogens is 595 g/mol. The fourth-order valence-electron chi connectivity index (χ4n) is 12.8. The van der Waals surface area contributed by atoms with E-state index >= 15 is 0 Å². The maximum Gasteiger partial charge on any atom is 0.131 e. The minimum atomic E-state index is 0.0493. The summed E-state index contributed by atoms with van der Waals surface area (Å²) in [6.07, 6.45) is 9.61. The van der Waals surface area contributed by atoms with Crippen molar-refractivity contribution in [3.63, 3.8) is 0 Å². The van der Waals surface area contributed by atoms with E-state index < -0.39 is 0 Å². The molecular formula is C47H53NO. The predicted molar refractivity (Wildman–Crippen MR) is 202 cm³/mol. The first-order valence-electron chi connectivity index (χ1n) is 19.3. The van der Waals surface area contributed by atoms with Gasteiger partial charge in [0.05, 0.1) is 0 Å². The third-order valence-electron chi connectivity index (χ3n) is 14.9. The SMILES string of the molecule is CC(C)(C)c1ccc(N(c2ccc3c(c2)C(C)(C)CCC3(C)C)c2ccc3c(c2)C2(c4ccccc4O3)C3CC4CC5CC2C3(C4)C5)cc1. The highest BCUT2D eigenvalue weighted by atomic mass is 16.5. The number of ether oxygens (including phenoxy) is 1. The third kappa shape index (κ3) is 3.95. The molecule has 4 fully saturated rings. The molecule has 2 heteroatoms. The standard InChI is InChI=1S/C47H53NO/c1-43(2,3)31-12-14-32(15-13-31)48(33-16-18-35-37(25-33)45(6,7)21-20-44(35,4)5)34-17-19-40-38(26-34)47(36-10-8-9-11-39(36)49-40)41-23-29-22-30-24-42(47)46(41,27-29)28-30/h8-19,25-26,29-30,41-42H,20-24,27-28H2,1-7H3. The zero-order chi connectivity index (χ0) is 33.7. The first-order chi connectivity index (χ1) is 23.3. The normalized spacial score (nSPS) is 32.1. The van der Waals surface area contributed by atoms with Gasteiger partial charge < -0.3 is 9.64 Å². The lowest BCUT2D eigenvalue weighted by atomic mass is 9.37. The summed E-state index contributed by atoms with van der Waals surface area (Å²) in [6, 6.07) is 33.1. The molecule has 49 heavy (non-hydrogen) atoms. The molecule has 1 aliphatic heterocycles. The zero-order valence-electron chi connectivity index (χ0n) is 30.7. The van der Waals surface area contributed by atoms with E-state index in [9.17, 15) is 0 Å². The second-order valence-electron chi connectivity index (χ2n) is 19.5. The van der Waals surface area contributed by atoms with Crippen molar-refractivity contribution >= 4 is 17.1 Å². The van der Waals surface area contributed by atoms with E-state index in [0.29, 0.717) is 17.3 Å². The van der Waals surface area contributed by atoms with Crippen molar-refractivity contribution in [2.75, 3.05) is 4.90 Å². The van der Waals surface area contributed by atoms with Crippen molar-refractivity contribution in [3.05, 3.63) is 113 Å². The molecule has 4 aromatic carbocycles. The molecule has 4 saturated carbocycles. The lowest BCUT2D eigenvalue weighted by molar-refractivity contribution is -0.0882. The summed E-state index contributed by atoms with van der Waals surface area (Å²) in [7, 11) is 0. The number of hydrogen-bond donors (Lipinski definition) is 0. The molecule has 0 aromatic heterocycles. The van der Waals surface area contributed by atoms with E-state index in [-0.39, 0.29) is 21.7 Å². The van der Waals surface area contributed by atoms with E-state index in [4.69, 9.17) is 4.74 Å². The van der Waals surface area contributed by atoms with Crippen LogP contribution in [-0.4, -0.2) is 0 Å². The highest BCUT2D eigenvalue weighted by molar-refractivity contribution is 5.80. The Kier molecular flexibility index (Phi) is 5.95. The summed E-state index contributed by atoms with van der Waals surface area (Å²) >= 11 is 0. The molecule has 4 unspecified atom stereocenters. The Morgan fingerprint density at radius 3 is 1.84 bits per heavy atom. The highest BCUT2D eigenvalue weighted by Gasteiger charge is 2.79. The van der Waals surface area contributed by atoms with Crippen LogP contribution in [0.3, 0.4) is 0 Å². The second kappa shape index (κ2) is 9.62. The van der Waals surface area contributed by atoms with Crippen molar-refractivity contribution < 1.29 is 4.74 Å². The molecule has 252 valence electrons. The Morgan fingerprint density at radius 2 is 1.16 bits per heavy atom. The molecule has 4 atom stereocenters. The number of para-hydroxylation sites is 1. The fraction of sp³-hybridized carbons (Fsp3) is 0.489. The number of fused-ring (bicyclic) bond motifs is 9. The average molecular weight is 648 g/mol. The van der Waals surface area contributed by atoms with Crippen molar-refractivity contribution in [3.8, 4) is 11.5 Å². The molecule has 10 rings (SSSR count). The zero-order valence-corrected chi connectivity index (χ0v) is 30.7. The monoisotopic (exact) mass is 647 g/mol. The number of nitrogens with zero attached hydrogens (tertiary/aromatic N) is 1. The fourth-order valence-corrected chi connectivity index (χ4v) is 12.8. The van der Waals surface area contributed by atoms with Gasteiger partial charge in [-0.2, -0.15) is 0 Å². The molecule has 4 aromatic rings. The van der Waals surface area contributed by atoms with Crippen LogP contribution in [-0.2, 0) is 21.7 Å². The van der Waals surface area contributed by atoms with Crippen LogP contribution >= 0.6 is 0 Å². The molecule has 5 aliphatic carbocycles. The summed E-state index contributed by atoms with van der Waals surface area (Å²) in [4.78, 5) is 2.55.